The van der Waals surface area contributed by atoms with Gasteiger partial charge in [-0.2, -0.15) is 10.2 Å². The highest BCUT2D eigenvalue weighted by Gasteiger charge is 2.29. The minimum atomic E-state index is -0.149. The SMILES string of the molecule is CC[C@@H](COC)n1cc(-c2cc3nn(C)cc3c(O[C@H](C)[C@H]3CNC(=O)C3)n2)cn1. The summed E-state index contributed by atoms with van der Waals surface area (Å²) in [5.74, 6) is 0.716. The van der Waals surface area contributed by atoms with Crippen LogP contribution in [0.25, 0.3) is 22.2 Å². The number of methoxy groups -OCH3 is 1. The quantitative estimate of drug-likeness (QED) is 0.610. The van der Waals surface area contributed by atoms with Crippen molar-refractivity contribution < 1.29 is 14.3 Å². The van der Waals surface area contributed by atoms with Crippen LogP contribution in [0.2, 0.25) is 0 Å². The molecule has 30 heavy (non-hydrogen) atoms. The number of hydrogen-bond donors (Lipinski definition) is 1. The summed E-state index contributed by atoms with van der Waals surface area (Å²) >= 11 is 0. The second-order valence-electron chi connectivity index (χ2n) is 7.87. The summed E-state index contributed by atoms with van der Waals surface area (Å²) in [7, 11) is 3.57. The zero-order valence-electron chi connectivity index (χ0n) is 17.8. The van der Waals surface area contributed by atoms with Gasteiger partial charge in [-0.25, -0.2) is 4.98 Å². The van der Waals surface area contributed by atoms with Crippen LogP contribution in [-0.4, -0.2) is 56.8 Å². The van der Waals surface area contributed by atoms with E-state index in [0.29, 0.717) is 25.5 Å². The molecule has 1 amide bonds. The third kappa shape index (κ3) is 4.02. The van der Waals surface area contributed by atoms with E-state index in [2.05, 4.69) is 22.4 Å². The van der Waals surface area contributed by atoms with Gasteiger partial charge in [0.05, 0.1) is 35.4 Å². The van der Waals surface area contributed by atoms with Crippen molar-refractivity contribution in [2.24, 2.45) is 13.0 Å². The van der Waals surface area contributed by atoms with Crippen molar-refractivity contribution in [3.05, 3.63) is 24.7 Å². The van der Waals surface area contributed by atoms with Gasteiger partial charge in [0, 0.05) is 51.0 Å². The Morgan fingerprint density at radius 3 is 2.90 bits per heavy atom. The second kappa shape index (κ2) is 8.43. The van der Waals surface area contributed by atoms with Crippen molar-refractivity contribution >= 4 is 16.8 Å². The van der Waals surface area contributed by atoms with Crippen LogP contribution in [0.15, 0.2) is 24.7 Å². The summed E-state index contributed by atoms with van der Waals surface area (Å²) in [5.41, 5.74) is 2.46. The Kier molecular flexibility index (Phi) is 5.72. The van der Waals surface area contributed by atoms with E-state index in [1.807, 2.05) is 43.3 Å². The molecule has 0 aromatic carbocycles. The van der Waals surface area contributed by atoms with E-state index in [4.69, 9.17) is 14.5 Å². The normalized spacial score (nSPS) is 18.5. The lowest BCUT2D eigenvalue weighted by atomic mass is 10.0. The lowest BCUT2D eigenvalue weighted by molar-refractivity contribution is -0.119. The van der Waals surface area contributed by atoms with Crippen molar-refractivity contribution in [3.63, 3.8) is 0 Å². The fraction of sp³-hybridized carbons (Fsp3) is 0.524. The van der Waals surface area contributed by atoms with Gasteiger partial charge in [0.15, 0.2) is 0 Å². The topological polar surface area (TPSA) is 96.1 Å². The third-order valence-corrected chi connectivity index (χ3v) is 5.66. The minimum Gasteiger partial charge on any atom is -0.474 e. The Morgan fingerprint density at radius 1 is 1.37 bits per heavy atom. The van der Waals surface area contributed by atoms with E-state index in [1.165, 1.54) is 0 Å². The van der Waals surface area contributed by atoms with Crippen molar-refractivity contribution in [3.8, 4) is 17.1 Å². The number of nitrogens with zero attached hydrogens (tertiary/aromatic N) is 5. The lowest BCUT2D eigenvalue weighted by Gasteiger charge is -2.19. The molecule has 0 aliphatic carbocycles. The molecule has 0 spiro atoms. The number of aromatic nitrogens is 5. The maximum atomic E-state index is 11.6. The van der Waals surface area contributed by atoms with E-state index < -0.39 is 0 Å². The summed E-state index contributed by atoms with van der Waals surface area (Å²) < 4.78 is 15.2. The Balaban J connectivity index is 1.66. The Bertz CT molecular complexity index is 1040. The second-order valence-corrected chi connectivity index (χ2v) is 7.87. The number of nitrogens with one attached hydrogen (secondary N) is 1. The number of pyridine rings is 1. The minimum absolute atomic E-state index is 0.0673. The highest BCUT2D eigenvalue weighted by molar-refractivity contribution is 5.86. The maximum Gasteiger partial charge on any atom is 0.225 e. The number of aryl methyl sites for hydroxylation is 1. The summed E-state index contributed by atoms with van der Waals surface area (Å²) in [6.45, 7) is 5.32. The molecule has 1 aliphatic rings. The Morgan fingerprint density at radius 2 is 2.20 bits per heavy atom. The van der Waals surface area contributed by atoms with Gasteiger partial charge in [-0.1, -0.05) is 6.92 Å². The monoisotopic (exact) mass is 412 g/mol. The zero-order chi connectivity index (χ0) is 21.3. The predicted molar refractivity (Wildman–Crippen MR) is 112 cm³/mol. The van der Waals surface area contributed by atoms with E-state index in [-0.39, 0.29) is 24.0 Å². The molecule has 0 saturated carbocycles. The molecule has 0 bridgehead atoms. The van der Waals surface area contributed by atoms with Crippen LogP contribution in [0.3, 0.4) is 0 Å². The molecule has 3 atom stereocenters. The highest BCUT2D eigenvalue weighted by Crippen LogP contribution is 2.31. The number of amides is 1. The summed E-state index contributed by atoms with van der Waals surface area (Å²) in [6, 6.07) is 2.12. The molecule has 1 aliphatic heterocycles. The molecule has 9 nitrogen and oxygen atoms in total. The molecule has 9 heteroatoms. The van der Waals surface area contributed by atoms with Crippen LogP contribution in [0, 0.1) is 5.92 Å². The molecule has 4 heterocycles. The van der Waals surface area contributed by atoms with E-state index in [0.717, 1.165) is 28.6 Å². The number of fused-ring (bicyclic) bond motifs is 1. The molecule has 0 radical (unpaired) electrons. The molecule has 4 rings (SSSR count). The maximum absolute atomic E-state index is 11.6. The Hall–Kier alpha value is -2.94. The first-order valence-corrected chi connectivity index (χ1v) is 10.3. The predicted octanol–water partition coefficient (Wildman–Crippen LogP) is 2.33. The van der Waals surface area contributed by atoms with E-state index in [1.54, 1.807) is 11.8 Å². The van der Waals surface area contributed by atoms with Crippen LogP contribution >= 0.6 is 0 Å². The molecule has 1 saturated heterocycles. The summed E-state index contributed by atoms with van der Waals surface area (Å²) in [5, 5.41) is 12.8. The smallest absolute Gasteiger partial charge is 0.225 e. The van der Waals surface area contributed by atoms with Crippen LogP contribution in [0.5, 0.6) is 5.88 Å². The number of carbonyl (C=O) groups is 1. The summed E-state index contributed by atoms with van der Waals surface area (Å²) in [4.78, 5) is 16.4. The molecular weight excluding hydrogens is 384 g/mol. The van der Waals surface area contributed by atoms with Crippen molar-refractivity contribution in [2.75, 3.05) is 20.3 Å². The van der Waals surface area contributed by atoms with Gasteiger partial charge >= 0.3 is 0 Å². The first-order chi connectivity index (χ1) is 14.5. The first kappa shape index (κ1) is 20.3. The van der Waals surface area contributed by atoms with Crippen molar-refractivity contribution in [1.82, 2.24) is 29.9 Å². The standard InChI is InChI=1S/C21H28N6O3/c1-5-16(12-29-4)27-10-15(9-23-27)18-7-19-17(11-26(3)25-19)21(24-18)30-13(2)14-6-20(28)22-8-14/h7,9-11,13-14,16H,5-6,8,12H2,1-4H3,(H,22,28)/t13-,14-,16+/m1/s1. The average Bonchev–Trinajstić information content (AvgIpc) is 3.45. The van der Waals surface area contributed by atoms with Gasteiger partial charge in [-0.15, -0.1) is 0 Å². The van der Waals surface area contributed by atoms with Gasteiger partial charge in [0.2, 0.25) is 11.8 Å². The van der Waals surface area contributed by atoms with Crippen LogP contribution in [-0.2, 0) is 16.6 Å². The van der Waals surface area contributed by atoms with Crippen molar-refractivity contribution in [1.29, 1.82) is 0 Å². The largest absolute Gasteiger partial charge is 0.474 e. The molecule has 3 aromatic heterocycles. The number of ether oxygens (including phenoxy) is 2. The van der Waals surface area contributed by atoms with Crippen LogP contribution in [0.1, 0.15) is 32.7 Å². The molecule has 1 fully saturated rings. The Labute approximate surface area is 175 Å². The number of rotatable bonds is 8. The van der Waals surface area contributed by atoms with Gasteiger partial charge in [-0.3, -0.25) is 14.2 Å². The lowest BCUT2D eigenvalue weighted by Crippen LogP contribution is -2.26. The van der Waals surface area contributed by atoms with E-state index in [9.17, 15) is 4.79 Å². The fourth-order valence-corrected chi connectivity index (χ4v) is 3.82. The summed E-state index contributed by atoms with van der Waals surface area (Å²) in [6.07, 6.45) is 6.94. The van der Waals surface area contributed by atoms with Crippen LogP contribution < -0.4 is 10.1 Å². The zero-order valence-corrected chi connectivity index (χ0v) is 17.8. The fourth-order valence-electron chi connectivity index (χ4n) is 3.82. The molecule has 0 unspecified atom stereocenters. The molecule has 3 aromatic rings. The first-order valence-electron chi connectivity index (χ1n) is 10.3. The van der Waals surface area contributed by atoms with Crippen LogP contribution in [0.4, 0.5) is 0 Å². The van der Waals surface area contributed by atoms with Gasteiger partial charge in [-0.05, 0) is 19.4 Å². The number of hydrogen-bond acceptors (Lipinski definition) is 6. The molecule has 160 valence electrons. The third-order valence-electron chi connectivity index (χ3n) is 5.66. The molecular formula is C21H28N6O3. The molecule has 1 N–H and O–H groups in total. The van der Waals surface area contributed by atoms with E-state index >= 15 is 0 Å². The number of carbonyl (C=O) groups excluding carboxylic acids is 1. The van der Waals surface area contributed by atoms with Gasteiger partial charge < -0.3 is 14.8 Å². The highest BCUT2D eigenvalue weighted by atomic mass is 16.5. The van der Waals surface area contributed by atoms with Gasteiger partial charge in [0.1, 0.15) is 6.10 Å². The van der Waals surface area contributed by atoms with Crippen molar-refractivity contribution in [2.45, 2.75) is 38.8 Å². The average molecular weight is 412 g/mol. The van der Waals surface area contributed by atoms with Gasteiger partial charge in [0.25, 0.3) is 0 Å².